The molecule has 14 heteroatoms. The molecule has 3 aliphatic heterocycles. The van der Waals surface area contributed by atoms with Crippen LogP contribution in [-0.2, 0) is 25.6 Å². The summed E-state index contributed by atoms with van der Waals surface area (Å²) >= 11 is 0. The molecule has 14 nitrogen and oxygen atoms in total. The van der Waals surface area contributed by atoms with Gasteiger partial charge in [0.2, 0.25) is 17.7 Å². The third-order valence-corrected chi connectivity index (χ3v) is 10.1. The number of likely N-dealkylation sites (tertiary alicyclic amines) is 1. The Balaban J connectivity index is 1.29. The van der Waals surface area contributed by atoms with Gasteiger partial charge in [0.1, 0.15) is 36.2 Å². The second-order valence-electron chi connectivity index (χ2n) is 13.8. The first-order valence-corrected chi connectivity index (χ1v) is 18.1. The number of nitrogens with zero attached hydrogens (tertiary/aromatic N) is 1. The molecule has 1 fully saturated rings. The van der Waals surface area contributed by atoms with E-state index in [1.165, 1.54) is 6.92 Å². The highest BCUT2D eigenvalue weighted by molar-refractivity contribution is 6.00. The van der Waals surface area contributed by atoms with Gasteiger partial charge in [0.05, 0.1) is 13.2 Å². The van der Waals surface area contributed by atoms with Gasteiger partial charge in [-0.15, -0.1) is 0 Å². The first-order chi connectivity index (χ1) is 26.0. The Hall–Kier alpha value is -5.89. The van der Waals surface area contributed by atoms with Crippen LogP contribution in [-0.4, -0.2) is 101 Å². The predicted molar refractivity (Wildman–Crippen MR) is 200 cm³/mol. The molecule has 2 bridgehead atoms. The van der Waals surface area contributed by atoms with Gasteiger partial charge in [0.25, 0.3) is 11.8 Å². The summed E-state index contributed by atoms with van der Waals surface area (Å²) in [4.78, 5) is 73.0. The van der Waals surface area contributed by atoms with Crippen molar-refractivity contribution in [1.82, 2.24) is 31.2 Å². The van der Waals surface area contributed by atoms with E-state index in [0.717, 1.165) is 27.7 Å². The lowest BCUT2D eigenvalue weighted by atomic mass is 9.88. The molecule has 0 unspecified atom stereocenters. The van der Waals surface area contributed by atoms with Crippen LogP contribution in [0.1, 0.15) is 46.9 Å². The molecule has 0 saturated carbocycles. The number of ether oxygens (including phenoxy) is 2. The summed E-state index contributed by atoms with van der Waals surface area (Å²) in [5, 5.41) is 21.7. The lowest BCUT2D eigenvalue weighted by Crippen LogP contribution is -2.62. The highest BCUT2D eigenvalue weighted by Gasteiger charge is 2.46. The third kappa shape index (κ3) is 8.49. The molecule has 284 valence electrons. The summed E-state index contributed by atoms with van der Waals surface area (Å²) in [7, 11) is 0. The van der Waals surface area contributed by atoms with Crippen LogP contribution in [0.3, 0.4) is 0 Å². The average molecular weight is 739 g/mol. The number of fused-ring (bicyclic) bond motifs is 16. The van der Waals surface area contributed by atoms with E-state index in [-0.39, 0.29) is 51.4 Å². The minimum absolute atomic E-state index is 0.0598. The van der Waals surface area contributed by atoms with Gasteiger partial charge >= 0.3 is 0 Å². The second kappa shape index (κ2) is 16.4. The Bertz CT molecular complexity index is 2010. The molecule has 3 atom stereocenters. The summed E-state index contributed by atoms with van der Waals surface area (Å²) in [6, 6.07) is 17.8. The summed E-state index contributed by atoms with van der Waals surface area (Å²) in [6.07, 6.45) is 0.294. The fourth-order valence-electron chi connectivity index (χ4n) is 6.74. The molecule has 3 aliphatic rings. The van der Waals surface area contributed by atoms with Gasteiger partial charge < -0.3 is 45.7 Å². The number of amides is 5. The molecule has 1 aromatic heterocycles. The highest BCUT2D eigenvalue weighted by atomic mass is 16.5. The zero-order valence-electron chi connectivity index (χ0n) is 30.6. The Kier molecular flexibility index (Phi) is 11.5. The summed E-state index contributed by atoms with van der Waals surface area (Å²) in [5.41, 5.74) is 2.84. The fourth-order valence-corrected chi connectivity index (χ4v) is 6.74. The van der Waals surface area contributed by atoms with Crippen molar-refractivity contribution in [3.63, 3.8) is 0 Å². The SMILES string of the molecule is Cc1[nH]c2ccc(C(=O)N3CCC4(CC3)Oc3ccc(cc3)OCCNC(=O)[C@H](C)NC(=O)[C@H](CO)NC(=O)[C@@H](Cc3ccccc3)NC4=O)cc2c1C. The maximum atomic E-state index is 14.5. The minimum Gasteiger partial charge on any atom is -0.492 e. The number of rotatable bonds is 4. The lowest BCUT2D eigenvalue weighted by Gasteiger charge is -2.41. The first-order valence-electron chi connectivity index (χ1n) is 18.1. The van der Waals surface area contributed by atoms with Gasteiger partial charge in [-0.2, -0.15) is 0 Å². The number of aliphatic hydroxyl groups excluding tert-OH is 1. The quantitative estimate of drug-likeness (QED) is 0.172. The molecule has 4 aromatic rings. The zero-order chi connectivity index (χ0) is 38.4. The van der Waals surface area contributed by atoms with E-state index in [9.17, 15) is 29.1 Å². The van der Waals surface area contributed by atoms with E-state index in [1.807, 2.05) is 32.0 Å². The van der Waals surface area contributed by atoms with Crippen molar-refractivity contribution < 1.29 is 38.6 Å². The van der Waals surface area contributed by atoms with Crippen LogP contribution in [0, 0.1) is 13.8 Å². The molecule has 4 heterocycles. The maximum Gasteiger partial charge on any atom is 0.265 e. The van der Waals surface area contributed by atoms with Crippen LogP contribution in [0.4, 0.5) is 0 Å². The van der Waals surface area contributed by atoms with Gasteiger partial charge in [0.15, 0.2) is 5.60 Å². The third-order valence-electron chi connectivity index (χ3n) is 10.1. The van der Waals surface area contributed by atoms with Crippen LogP contribution in [0.2, 0.25) is 0 Å². The van der Waals surface area contributed by atoms with Crippen LogP contribution in [0.5, 0.6) is 11.5 Å². The van der Waals surface area contributed by atoms with E-state index >= 15 is 0 Å². The van der Waals surface area contributed by atoms with Gasteiger partial charge in [-0.25, -0.2) is 0 Å². The van der Waals surface area contributed by atoms with Crippen LogP contribution in [0.15, 0.2) is 72.8 Å². The molecule has 1 spiro atoms. The Morgan fingerprint density at radius 3 is 2.24 bits per heavy atom. The Labute approximate surface area is 313 Å². The molecule has 7 rings (SSSR count). The van der Waals surface area contributed by atoms with Crippen molar-refractivity contribution >= 4 is 40.4 Å². The van der Waals surface area contributed by atoms with Gasteiger partial charge in [-0.05, 0) is 74.4 Å². The molecule has 54 heavy (non-hydrogen) atoms. The van der Waals surface area contributed by atoms with Crippen molar-refractivity contribution in [3.05, 3.63) is 95.2 Å². The van der Waals surface area contributed by atoms with Gasteiger partial charge in [-0.1, -0.05) is 30.3 Å². The van der Waals surface area contributed by atoms with E-state index < -0.39 is 54.0 Å². The number of aromatic amines is 1. The summed E-state index contributed by atoms with van der Waals surface area (Å²) in [6.45, 7) is 5.40. The fraction of sp³-hybridized carbons (Fsp3) is 0.375. The zero-order valence-corrected chi connectivity index (χ0v) is 30.6. The number of carbonyl (C=O) groups is 5. The minimum atomic E-state index is -1.49. The molecule has 3 aromatic carbocycles. The number of nitrogens with one attached hydrogen (secondary N) is 5. The standard InChI is InChI=1S/C40H46N6O8/c1-24-25(2)42-32-14-9-28(22-31(24)32)38(51)46-18-15-40(16-19-46)39(52)45-33(21-27-7-5-4-6-8-27)36(49)44-34(23-47)37(50)43-26(3)35(48)41-17-20-53-29-10-12-30(54-40)13-11-29/h4-14,22,26,33-34,42,47H,15-21,23H2,1-3H3,(H,41,48)(H,43,50)(H,44,49)(H,45,52)/t26-,33+,34-/m0/s1. The maximum absolute atomic E-state index is 14.5. The normalized spacial score (nSPS) is 21.3. The number of carbonyl (C=O) groups excluding carboxylic acids is 5. The number of aryl methyl sites for hydroxylation is 2. The number of hydrogen-bond donors (Lipinski definition) is 6. The van der Waals surface area contributed by atoms with Crippen LogP contribution >= 0.6 is 0 Å². The summed E-state index contributed by atoms with van der Waals surface area (Å²) < 4.78 is 12.3. The molecule has 5 amide bonds. The highest BCUT2D eigenvalue weighted by Crippen LogP contribution is 2.32. The molecule has 0 radical (unpaired) electrons. The Morgan fingerprint density at radius 1 is 0.852 bits per heavy atom. The lowest BCUT2D eigenvalue weighted by molar-refractivity contribution is -0.144. The van der Waals surface area contributed by atoms with E-state index in [4.69, 9.17) is 9.47 Å². The van der Waals surface area contributed by atoms with Gasteiger partial charge in [0, 0.05) is 54.5 Å². The molecule has 0 aliphatic carbocycles. The number of piperidine rings is 1. The monoisotopic (exact) mass is 738 g/mol. The number of aliphatic hydroxyl groups is 1. The molecular formula is C40H46N6O8. The molecule has 6 N–H and O–H groups in total. The van der Waals surface area contributed by atoms with E-state index in [2.05, 4.69) is 26.3 Å². The smallest absolute Gasteiger partial charge is 0.265 e. The average Bonchev–Trinajstić information content (AvgIpc) is 3.47. The number of aromatic nitrogens is 1. The first kappa shape index (κ1) is 37.9. The van der Waals surface area contributed by atoms with Crippen LogP contribution in [0.25, 0.3) is 10.9 Å². The largest absolute Gasteiger partial charge is 0.492 e. The van der Waals surface area contributed by atoms with E-state index in [1.54, 1.807) is 59.5 Å². The topological polar surface area (TPSA) is 191 Å². The van der Waals surface area contributed by atoms with Crippen molar-refractivity contribution in [1.29, 1.82) is 0 Å². The van der Waals surface area contributed by atoms with Crippen molar-refractivity contribution in [3.8, 4) is 11.5 Å². The van der Waals surface area contributed by atoms with Crippen molar-refractivity contribution in [2.75, 3.05) is 32.8 Å². The number of hydrogen-bond acceptors (Lipinski definition) is 8. The van der Waals surface area contributed by atoms with Crippen molar-refractivity contribution in [2.45, 2.75) is 63.8 Å². The van der Waals surface area contributed by atoms with Gasteiger partial charge in [-0.3, -0.25) is 24.0 Å². The van der Waals surface area contributed by atoms with Crippen LogP contribution < -0.4 is 30.7 Å². The number of benzene rings is 3. The Morgan fingerprint density at radius 2 is 1.54 bits per heavy atom. The predicted octanol–water partition coefficient (Wildman–Crippen LogP) is 2.06. The van der Waals surface area contributed by atoms with Crippen molar-refractivity contribution in [2.24, 2.45) is 0 Å². The molecular weight excluding hydrogens is 692 g/mol. The number of H-pyrrole nitrogens is 1. The second-order valence-corrected chi connectivity index (χ2v) is 13.8. The van der Waals surface area contributed by atoms with E-state index in [0.29, 0.717) is 17.1 Å². The summed E-state index contributed by atoms with van der Waals surface area (Å²) in [5.74, 6) is -1.84. The molecule has 1 saturated heterocycles.